The Kier molecular flexibility index (Phi) is 4.09. The Balaban J connectivity index is 1.40. The molecular formula is C21H23N3O2. The fourth-order valence-corrected chi connectivity index (χ4v) is 3.53. The Hall–Kier alpha value is -2.40. The maximum Gasteiger partial charge on any atom is 0.129 e. The van der Waals surface area contributed by atoms with Crippen LogP contribution in [0.3, 0.4) is 0 Å². The van der Waals surface area contributed by atoms with Crippen LogP contribution in [0.5, 0.6) is 5.75 Å². The molecular weight excluding hydrogens is 326 g/mol. The number of hydrogen-bond donors (Lipinski definition) is 0. The van der Waals surface area contributed by atoms with Crippen LogP contribution < -0.4 is 9.64 Å². The lowest BCUT2D eigenvalue weighted by Crippen LogP contribution is -2.36. The van der Waals surface area contributed by atoms with Gasteiger partial charge in [0.1, 0.15) is 11.6 Å². The molecule has 1 aliphatic carbocycles. The van der Waals surface area contributed by atoms with Crippen LogP contribution in [0.4, 0.5) is 5.82 Å². The number of rotatable bonds is 5. The first-order chi connectivity index (χ1) is 12.9. The molecule has 0 amide bonds. The highest BCUT2D eigenvalue weighted by Crippen LogP contribution is 2.31. The average molecular weight is 349 g/mol. The van der Waals surface area contributed by atoms with Gasteiger partial charge in [0.05, 0.1) is 32.1 Å². The van der Waals surface area contributed by atoms with Crippen molar-refractivity contribution in [3.63, 3.8) is 0 Å². The van der Waals surface area contributed by atoms with E-state index in [-0.39, 0.29) is 0 Å². The molecule has 2 fully saturated rings. The molecule has 1 saturated heterocycles. The van der Waals surface area contributed by atoms with E-state index >= 15 is 0 Å². The van der Waals surface area contributed by atoms with Crippen LogP contribution in [-0.4, -0.2) is 43.6 Å². The molecule has 5 heteroatoms. The molecule has 1 saturated carbocycles. The summed E-state index contributed by atoms with van der Waals surface area (Å²) in [5.74, 6) is 2.71. The topological polar surface area (TPSA) is 47.0 Å². The van der Waals surface area contributed by atoms with Gasteiger partial charge >= 0.3 is 0 Å². The Morgan fingerprint density at radius 3 is 2.85 bits per heavy atom. The van der Waals surface area contributed by atoms with Gasteiger partial charge < -0.3 is 14.4 Å². The lowest BCUT2D eigenvalue weighted by molar-refractivity contribution is 0.122. The molecule has 0 spiro atoms. The van der Waals surface area contributed by atoms with E-state index in [2.05, 4.69) is 40.2 Å². The van der Waals surface area contributed by atoms with Gasteiger partial charge in [-0.1, -0.05) is 6.07 Å². The summed E-state index contributed by atoms with van der Waals surface area (Å²) in [5, 5.41) is 0. The van der Waals surface area contributed by atoms with E-state index in [9.17, 15) is 0 Å². The third-order valence-corrected chi connectivity index (χ3v) is 5.28. The number of aliphatic imine (C=N–C) groups is 1. The van der Waals surface area contributed by atoms with Gasteiger partial charge in [0, 0.05) is 30.4 Å². The zero-order valence-electron chi connectivity index (χ0n) is 14.9. The maximum atomic E-state index is 5.97. The number of morpholine rings is 1. The first kappa shape index (κ1) is 15.8. The largest absolute Gasteiger partial charge is 0.493 e. The second-order valence-corrected chi connectivity index (χ2v) is 7.24. The lowest BCUT2D eigenvalue weighted by atomic mass is 10.0. The molecule has 0 atom stereocenters. The Labute approximate surface area is 153 Å². The van der Waals surface area contributed by atoms with Crippen molar-refractivity contribution in [2.45, 2.75) is 19.4 Å². The van der Waals surface area contributed by atoms with Crippen LogP contribution in [0.15, 0.2) is 41.5 Å². The molecule has 0 N–H and O–H groups in total. The monoisotopic (exact) mass is 349 g/mol. The molecule has 2 aliphatic heterocycles. The summed E-state index contributed by atoms with van der Waals surface area (Å²) < 4.78 is 11.4. The van der Waals surface area contributed by atoms with Crippen molar-refractivity contribution >= 4 is 11.5 Å². The van der Waals surface area contributed by atoms with Crippen molar-refractivity contribution in [3.8, 4) is 5.75 Å². The van der Waals surface area contributed by atoms with E-state index in [1.54, 1.807) is 0 Å². The van der Waals surface area contributed by atoms with E-state index in [1.807, 2.05) is 6.20 Å². The highest BCUT2D eigenvalue weighted by atomic mass is 16.5. The molecule has 5 rings (SSSR count). The van der Waals surface area contributed by atoms with Gasteiger partial charge in [-0.15, -0.1) is 0 Å². The summed E-state index contributed by atoms with van der Waals surface area (Å²) in [6, 6.07) is 10.6. The SMILES string of the molecule is c1cc(C2=NCc3ccc(OCC4CC4)cc32)cc(N2CCOCC2)n1. The molecule has 0 bridgehead atoms. The second kappa shape index (κ2) is 6.72. The van der Waals surface area contributed by atoms with E-state index in [4.69, 9.17) is 14.5 Å². The van der Waals surface area contributed by atoms with E-state index in [1.165, 1.54) is 24.0 Å². The fraction of sp³-hybridized carbons (Fsp3) is 0.429. The quantitative estimate of drug-likeness (QED) is 0.832. The summed E-state index contributed by atoms with van der Waals surface area (Å²) in [6.45, 7) is 4.87. The number of pyridine rings is 1. The summed E-state index contributed by atoms with van der Waals surface area (Å²) in [6.07, 6.45) is 4.49. The number of aromatic nitrogens is 1. The van der Waals surface area contributed by atoms with Gasteiger partial charge in [0.2, 0.25) is 0 Å². The molecule has 2 aromatic rings. The first-order valence-corrected chi connectivity index (χ1v) is 9.46. The zero-order chi connectivity index (χ0) is 17.3. The fourth-order valence-electron chi connectivity index (χ4n) is 3.53. The van der Waals surface area contributed by atoms with Gasteiger partial charge in [-0.25, -0.2) is 4.98 Å². The Bertz CT molecular complexity index is 839. The van der Waals surface area contributed by atoms with Crippen LogP contribution in [-0.2, 0) is 11.3 Å². The minimum absolute atomic E-state index is 0.739. The number of nitrogens with zero attached hydrogens (tertiary/aromatic N) is 3. The summed E-state index contributed by atoms with van der Waals surface area (Å²) in [4.78, 5) is 11.6. The predicted molar refractivity (Wildman–Crippen MR) is 101 cm³/mol. The van der Waals surface area contributed by atoms with E-state index < -0.39 is 0 Å². The smallest absolute Gasteiger partial charge is 0.129 e. The number of fused-ring (bicyclic) bond motifs is 1. The van der Waals surface area contributed by atoms with Gasteiger partial charge in [0.25, 0.3) is 0 Å². The van der Waals surface area contributed by atoms with Gasteiger partial charge in [-0.05, 0) is 48.6 Å². The molecule has 1 aromatic carbocycles. The normalized spacial score (nSPS) is 19.2. The molecule has 134 valence electrons. The molecule has 0 unspecified atom stereocenters. The van der Waals surface area contributed by atoms with E-state index in [0.717, 1.165) is 68.2 Å². The van der Waals surface area contributed by atoms with Crippen molar-refractivity contribution in [2.75, 3.05) is 37.8 Å². The summed E-state index contributed by atoms with van der Waals surface area (Å²) >= 11 is 0. The Morgan fingerprint density at radius 2 is 2.00 bits per heavy atom. The minimum atomic E-state index is 0.739. The Morgan fingerprint density at radius 1 is 1.12 bits per heavy atom. The minimum Gasteiger partial charge on any atom is -0.493 e. The predicted octanol–water partition coefficient (Wildman–Crippen LogP) is 3.06. The third kappa shape index (κ3) is 3.19. The van der Waals surface area contributed by atoms with Crippen molar-refractivity contribution in [1.82, 2.24) is 4.98 Å². The molecule has 0 radical (unpaired) electrons. The third-order valence-electron chi connectivity index (χ3n) is 5.28. The highest BCUT2D eigenvalue weighted by Gasteiger charge is 2.23. The van der Waals surface area contributed by atoms with Crippen LogP contribution in [0, 0.1) is 5.92 Å². The maximum absolute atomic E-state index is 5.97. The van der Waals surface area contributed by atoms with Crippen LogP contribution in [0.25, 0.3) is 0 Å². The molecule has 5 nitrogen and oxygen atoms in total. The van der Waals surface area contributed by atoms with Crippen molar-refractivity contribution in [3.05, 3.63) is 53.2 Å². The van der Waals surface area contributed by atoms with Gasteiger partial charge in [-0.2, -0.15) is 0 Å². The van der Waals surface area contributed by atoms with Crippen molar-refractivity contribution < 1.29 is 9.47 Å². The lowest BCUT2D eigenvalue weighted by Gasteiger charge is -2.28. The van der Waals surface area contributed by atoms with Crippen molar-refractivity contribution in [2.24, 2.45) is 10.9 Å². The van der Waals surface area contributed by atoms with Crippen molar-refractivity contribution in [1.29, 1.82) is 0 Å². The number of ether oxygens (including phenoxy) is 2. The number of benzene rings is 1. The first-order valence-electron chi connectivity index (χ1n) is 9.46. The standard InChI is InChI=1S/C21H23N3O2/c1-2-15(1)14-26-18-4-3-17-13-23-21(19(17)12-18)16-5-6-22-20(11-16)24-7-9-25-10-8-24/h3-6,11-12,15H,1-2,7-10,13-14H2. The molecule has 1 aromatic heterocycles. The summed E-state index contributed by atoms with van der Waals surface area (Å²) in [7, 11) is 0. The summed E-state index contributed by atoms with van der Waals surface area (Å²) in [5.41, 5.74) is 4.63. The van der Waals surface area contributed by atoms with Crippen LogP contribution in [0.2, 0.25) is 0 Å². The van der Waals surface area contributed by atoms with Crippen LogP contribution >= 0.6 is 0 Å². The number of hydrogen-bond acceptors (Lipinski definition) is 5. The van der Waals surface area contributed by atoms with Crippen LogP contribution in [0.1, 0.15) is 29.5 Å². The molecule has 3 heterocycles. The highest BCUT2D eigenvalue weighted by molar-refractivity contribution is 6.15. The molecule has 26 heavy (non-hydrogen) atoms. The average Bonchev–Trinajstić information content (AvgIpc) is 3.44. The zero-order valence-corrected chi connectivity index (χ0v) is 14.9. The molecule has 3 aliphatic rings. The van der Waals surface area contributed by atoms with Gasteiger partial charge in [-0.3, -0.25) is 4.99 Å². The number of anilines is 1. The van der Waals surface area contributed by atoms with Gasteiger partial charge in [0.15, 0.2) is 0 Å². The second-order valence-electron chi connectivity index (χ2n) is 7.24. The van der Waals surface area contributed by atoms with E-state index in [0.29, 0.717) is 0 Å².